The second-order valence-corrected chi connectivity index (χ2v) is 6.50. The lowest BCUT2D eigenvalue weighted by atomic mass is 9.77. The van der Waals surface area contributed by atoms with Crippen molar-refractivity contribution in [2.45, 2.75) is 39.2 Å². The van der Waals surface area contributed by atoms with Gasteiger partial charge in [-0.25, -0.2) is 0 Å². The van der Waals surface area contributed by atoms with Crippen LogP contribution in [-0.2, 0) is 4.79 Å². The van der Waals surface area contributed by atoms with Crippen molar-refractivity contribution in [2.75, 3.05) is 20.1 Å². The number of carbonyl (C=O) groups excluding carboxylic acids is 1. The standard InChI is InChI=1S/C15H24N2OS/c1-4-15(8-6-9-16-11-15)14(18)17(3)12(2)13-7-5-10-19-13/h5,7,10,12,16H,4,6,8-9,11H2,1-3H3. The second-order valence-electron chi connectivity index (χ2n) is 5.52. The molecular formula is C15H24N2OS. The first kappa shape index (κ1) is 14.5. The molecule has 1 aromatic heterocycles. The highest BCUT2D eigenvalue weighted by Crippen LogP contribution is 2.35. The lowest BCUT2D eigenvalue weighted by Crippen LogP contribution is -2.51. The molecule has 2 rings (SSSR count). The Morgan fingerprint density at radius 3 is 2.95 bits per heavy atom. The van der Waals surface area contributed by atoms with Gasteiger partial charge in [-0.15, -0.1) is 11.3 Å². The number of piperidine rings is 1. The van der Waals surface area contributed by atoms with Crippen LogP contribution in [0.15, 0.2) is 17.5 Å². The topological polar surface area (TPSA) is 32.3 Å². The van der Waals surface area contributed by atoms with E-state index in [1.807, 2.05) is 18.0 Å². The zero-order chi connectivity index (χ0) is 13.9. The van der Waals surface area contributed by atoms with Crippen molar-refractivity contribution in [1.29, 1.82) is 0 Å². The predicted octanol–water partition coefficient (Wildman–Crippen LogP) is 3.05. The van der Waals surface area contributed by atoms with E-state index in [1.54, 1.807) is 11.3 Å². The van der Waals surface area contributed by atoms with E-state index in [0.717, 1.165) is 32.4 Å². The second kappa shape index (κ2) is 6.06. The molecule has 1 aliphatic rings. The van der Waals surface area contributed by atoms with Crippen molar-refractivity contribution in [2.24, 2.45) is 5.41 Å². The van der Waals surface area contributed by atoms with Gasteiger partial charge in [0.05, 0.1) is 11.5 Å². The molecule has 0 aliphatic carbocycles. The highest BCUT2D eigenvalue weighted by molar-refractivity contribution is 7.10. The van der Waals surface area contributed by atoms with Crippen molar-refractivity contribution < 1.29 is 4.79 Å². The molecule has 1 saturated heterocycles. The molecule has 1 fully saturated rings. The van der Waals surface area contributed by atoms with Crippen LogP contribution in [0.5, 0.6) is 0 Å². The van der Waals surface area contributed by atoms with E-state index in [9.17, 15) is 4.79 Å². The van der Waals surface area contributed by atoms with E-state index in [-0.39, 0.29) is 11.5 Å². The molecule has 0 bridgehead atoms. The fourth-order valence-electron chi connectivity index (χ4n) is 2.87. The molecule has 19 heavy (non-hydrogen) atoms. The summed E-state index contributed by atoms with van der Waals surface area (Å²) in [6.07, 6.45) is 3.03. The number of amides is 1. The van der Waals surface area contributed by atoms with Gasteiger partial charge in [-0.2, -0.15) is 0 Å². The Bertz CT molecular complexity index is 410. The monoisotopic (exact) mass is 280 g/mol. The number of rotatable bonds is 4. The number of carbonyl (C=O) groups is 1. The van der Waals surface area contributed by atoms with Gasteiger partial charge in [0, 0.05) is 18.5 Å². The zero-order valence-electron chi connectivity index (χ0n) is 12.1. The summed E-state index contributed by atoms with van der Waals surface area (Å²) < 4.78 is 0. The van der Waals surface area contributed by atoms with Crippen molar-refractivity contribution in [1.82, 2.24) is 10.2 Å². The van der Waals surface area contributed by atoms with Crippen LogP contribution in [0, 0.1) is 5.41 Å². The molecule has 1 aromatic rings. The summed E-state index contributed by atoms with van der Waals surface area (Å²) in [6, 6.07) is 4.32. The van der Waals surface area contributed by atoms with Crippen LogP contribution in [-0.4, -0.2) is 30.9 Å². The largest absolute Gasteiger partial charge is 0.338 e. The first-order valence-electron chi connectivity index (χ1n) is 7.12. The third kappa shape index (κ3) is 2.84. The molecule has 2 heterocycles. The summed E-state index contributed by atoms with van der Waals surface area (Å²) in [7, 11) is 1.94. The minimum absolute atomic E-state index is 0.165. The van der Waals surface area contributed by atoms with Gasteiger partial charge in [-0.3, -0.25) is 4.79 Å². The lowest BCUT2D eigenvalue weighted by molar-refractivity contribution is -0.144. The van der Waals surface area contributed by atoms with E-state index in [2.05, 4.69) is 30.6 Å². The maximum Gasteiger partial charge on any atom is 0.230 e. The first-order valence-corrected chi connectivity index (χ1v) is 8.00. The molecule has 0 saturated carbocycles. The number of nitrogens with zero attached hydrogens (tertiary/aromatic N) is 1. The third-order valence-electron chi connectivity index (χ3n) is 4.46. The van der Waals surface area contributed by atoms with E-state index >= 15 is 0 Å². The summed E-state index contributed by atoms with van der Waals surface area (Å²) in [4.78, 5) is 16.1. The Balaban J connectivity index is 2.13. The molecule has 4 heteroatoms. The van der Waals surface area contributed by atoms with Crippen molar-refractivity contribution in [3.63, 3.8) is 0 Å². The first-order chi connectivity index (χ1) is 9.10. The molecular weight excluding hydrogens is 256 g/mol. The summed E-state index contributed by atoms with van der Waals surface area (Å²) in [6.45, 7) is 6.11. The van der Waals surface area contributed by atoms with Gasteiger partial charge in [0.1, 0.15) is 0 Å². The molecule has 1 N–H and O–H groups in total. The average Bonchev–Trinajstić information content (AvgIpc) is 2.99. The number of nitrogens with one attached hydrogen (secondary N) is 1. The molecule has 1 amide bonds. The van der Waals surface area contributed by atoms with Gasteiger partial charge in [0.25, 0.3) is 0 Å². The van der Waals surface area contributed by atoms with Gasteiger partial charge in [-0.1, -0.05) is 13.0 Å². The van der Waals surface area contributed by atoms with Crippen LogP contribution < -0.4 is 5.32 Å². The number of hydrogen-bond donors (Lipinski definition) is 1. The van der Waals surface area contributed by atoms with Gasteiger partial charge in [0.2, 0.25) is 5.91 Å². The highest BCUT2D eigenvalue weighted by Gasteiger charge is 2.40. The Morgan fingerprint density at radius 1 is 1.63 bits per heavy atom. The Hall–Kier alpha value is -0.870. The SMILES string of the molecule is CCC1(C(=O)N(C)C(C)c2cccs2)CCCNC1. The van der Waals surface area contributed by atoms with Gasteiger partial charge in [0.15, 0.2) is 0 Å². The van der Waals surface area contributed by atoms with E-state index in [4.69, 9.17) is 0 Å². The maximum atomic E-state index is 12.9. The van der Waals surface area contributed by atoms with Crippen molar-refractivity contribution in [3.8, 4) is 0 Å². The van der Waals surface area contributed by atoms with Crippen LogP contribution in [0.1, 0.15) is 44.0 Å². The fraction of sp³-hybridized carbons (Fsp3) is 0.667. The van der Waals surface area contributed by atoms with Crippen molar-refractivity contribution in [3.05, 3.63) is 22.4 Å². The molecule has 106 valence electrons. The predicted molar refractivity (Wildman–Crippen MR) is 80.3 cm³/mol. The quantitative estimate of drug-likeness (QED) is 0.919. The van der Waals surface area contributed by atoms with Crippen LogP contribution in [0.4, 0.5) is 0 Å². The molecule has 1 aliphatic heterocycles. The fourth-order valence-corrected chi connectivity index (χ4v) is 3.70. The molecule has 3 nitrogen and oxygen atoms in total. The van der Waals surface area contributed by atoms with Crippen LogP contribution in [0.25, 0.3) is 0 Å². The van der Waals surface area contributed by atoms with Crippen molar-refractivity contribution >= 4 is 17.2 Å². The smallest absolute Gasteiger partial charge is 0.230 e. The van der Waals surface area contributed by atoms with Gasteiger partial charge in [-0.05, 0) is 44.2 Å². The van der Waals surface area contributed by atoms with Gasteiger partial charge >= 0.3 is 0 Å². The number of hydrogen-bond acceptors (Lipinski definition) is 3. The van der Waals surface area contributed by atoms with Gasteiger partial charge < -0.3 is 10.2 Å². The minimum Gasteiger partial charge on any atom is -0.338 e. The molecule has 0 radical (unpaired) electrons. The molecule has 2 unspecified atom stereocenters. The van der Waals surface area contributed by atoms with E-state index in [0.29, 0.717) is 5.91 Å². The summed E-state index contributed by atoms with van der Waals surface area (Å²) in [5, 5.41) is 5.46. The third-order valence-corrected chi connectivity index (χ3v) is 5.50. The zero-order valence-corrected chi connectivity index (χ0v) is 12.9. The van der Waals surface area contributed by atoms with E-state index in [1.165, 1.54) is 4.88 Å². The summed E-state index contributed by atoms with van der Waals surface area (Å²) in [5.74, 6) is 0.295. The molecule has 0 spiro atoms. The minimum atomic E-state index is -0.196. The molecule has 0 aromatic carbocycles. The normalized spacial score (nSPS) is 25.0. The summed E-state index contributed by atoms with van der Waals surface area (Å²) in [5.41, 5.74) is -0.196. The Labute approximate surface area is 120 Å². The molecule has 2 atom stereocenters. The average molecular weight is 280 g/mol. The van der Waals surface area contributed by atoms with Crippen LogP contribution in [0.3, 0.4) is 0 Å². The van der Waals surface area contributed by atoms with Crippen LogP contribution >= 0.6 is 11.3 Å². The number of thiophene rings is 1. The lowest BCUT2D eigenvalue weighted by Gasteiger charge is -2.40. The maximum absolute atomic E-state index is 12.9. The Morgan fingerprint density at radius 2 is 2.42 bits per heavy atom. The van der Waals surface area contributed by atoms with E-state index < -0.39 is 0 Å². The van der Waals surface area contributed by atoms with Crippen LogP contribution in [0.2, 0.25) is 0 Å². The summed E-state index contributed by atoms with van der Waals surface area (Å²) >= 11 is 1.72. The highest BCUT2D eigenvalue weighted by atomic mass is 32.1. The Kier molecular flexibility index (Phi) is 4.63.